The molecule has 0 saturated heterocycles. The van der Waals surface area contributed by atoms with Gasteiger partial charge in [-0.2, -0.15) is 0 Å². The molecule has 86 valence electrons. The van der Waals surface area contributed by atoms with Gasteiger partial charge in [-0.3, -0.25) is 4.90 Å². The van der Waals surface area contributed by atoms with Gasteiger partial charge in [0.05, 0.1) is 6.61 Å². The summed E-state index contributed by atoms with van der Waals surface area (Å²) in [7, 11) is 3.76. The molecule has 1 N–H and O–H groups in total. The molecule has 0 radical (unpaired) electrons. The predicted molar refractivity (Wildman–Crippen MR) is 61.7 cm³/mol. The summed E-state index contributed by atoms with van der Waals surface area (Å²) in [4.78, 5) is 2.46. The highest BCUT2D eigenvalue weighted by molar-refractivity contribution is 4.67. The zero-order valence-electron chi connectivity index (χ0n) is 10.3. The van der Waals surface area contributed by atoms with Crippen molar-refractivity contribution in [1.82, 2.24) is 10.2 Å². The first-order valence-corrected chi connectivity index (χ1v) is 5.49. The van der Waals surface area contributed by atoms with Gasteiger partial charge >= 0.3 is 0 Å². The summed E-state index contributed by atoms with van der Waals surface area (Å²) in [5, 5.41) is 3.21. The summed E-state index contributed by atoms with van der Waals surface area (Å²) < 4.78 is 5.11. The predicted octanol–water partition coefficient (Wildman–Crippen LogP) is 1.20. The first kappa shape index (κ1) is 13.9. The van der Waals surface area contributed by atoms with E-state index in [0.717, 1.165) is 26.2 Å². The number of hydrogen-bond donors (Lipinski definition) is 1. The van der Waals surface area contributed by atoms with Crippen LogP contribution in [0, 0.1) is 5.92 Å². The third kappa shape index (κ3) is 6.35. The second kappa shape index (κ2) is 8.21. The summed E-state index contributed by atoms with van der Waals surface area (Å²) in [6, 6.07) is 0.601. The molecule has 0 amide bonds. The monoisotopic (exact) mass is 202 g/mol. The van der Waals surface area contributed by atoms with E-state index in [2.05, 4.69) is 31.0 Å². The number of methoxy groups -OCH3 is 1. The lowest BCUT2D eigenvalue weighted by Gasteiger charge is -2.28. The van der Waals surface area contributed by atoms with Gasteiger partial charge in [-0.25, -0.2) is 0 Å². The molecule has 0 aromatic rings. The molecule has 0 aliphatic rings. The largest absolute Gasteiger partial charge is 0.383 e. The fraction of sp³-hybridized carbons (Fsp3) is 1.00. The second-order valence-electron chi connectivity index (χ2n) is 4.24. The highest BCUT2D eigenvalue weighted by Gasteiger charge is 2.12. The normalized spacial score (nSPS) is 13.9. The van der Waals surface area contributed by atoms with Crippen LogP contribution in [0.25, 0.3) is 0 Å². The molecule has 3 nitrogen and oxygen atoms in total. The van der Waals surface area contributed by atoms with Crippen LogP contribution < -0.4 is 5.32 Å². The Morgan fingerprint density at radius 1 is 1.29 bits per heavy atom. The van der Waals surface area contributed by atoms with Crippen LogP contribution >= 0.6 is 0 Å². The van der Waals surface area contributed by atoms with Crippen molar-refractivity contribution < 1.29 is 4.74 Å². The molecule has 0 aromatic heterocycles. The summed E-state index contributed by atoms with van der Waals surface area (Å²) in [5.41, 5.74) is 0. The van der Waals surface area contributed by atoms with Gasteiger partial charge in [0.25, 0.3) is 0 Å². The minimum Gasteiger partial charge on any atom is -0.383 e. The first-order chi connectivity index (χ1) is 6.61. The molecule has 14 heavy (non-hydrogen) atoms. The number of nitrogens with one attached hydrogen (secondary N) is 1. The minimum absolute atomic E-state index is 0.601. The van der Waals surface area contributed by atoms with Gasteiger partial charge in [-0.15, -0.1) is 0 Å². The van der Waals surface area contributed by atoms with E-state index in [-0.39, 0.29) is 0 Å². The molecule has 0 aliphatic heterocycles. The van der Waals surface area contributed by atoms with E-state index in [1.54, 1.807) is 7.11 Å². The quantitative estimate of drug-likeness (QED) is 0.640. The van der Waals surface area contributed by atoms with Crippen molar-refractivity contribution in [1.29, 1.82) is 0 Å². The first-order valence-electron chi connectivity index (χ1n) is 5.49. The summed E-state index contributed by atoms with van der Waals surface area (Å²) in [6.45, 7) is 10.8. The topological polar surface area (TPSA) is 24.5 Å². The number of rotatable bonds is 8. The molecule has 1 atom stereocenters. The summed E-state index contributed by atoms with van der Waals surface area (Å²) in [5.74, 6) is 0.694. The van der Waals surface area contributed by atoms with Crippen molar-refractivity contribution >= 4 is 0 Å². The van der Waals surface area contributed by atoms with Crippen molar-refractivity contribution in [2.75, 3.05) is 40.4 Å². The minimum atomic E-state index is 0.601. The molecule has 0 fully saturated rings. The summed E-state index contributed by atoms with van der Waals surface area (Å²) >= 11 is 0. The highest BCUT2D eigenvalue weighted by Crippen LogP contribution is 2.03. The number of hydrogen-bond acceptors (Lipinski definition) is 3. The molecular weight excluding hydrogens is 176 g/mol. The standard InChI is InChI=1S/C11H26N2O/c1-10(2)13(6-7-14-5)9-11(3)8-12-4/h10-12H,6-9H2,1-5H3. The Labute approximate surface area is 88.8 Å². The molecule has 0 saturated carbocycles. The van der Waals surface area contributed by atoms with Gasteiger partial charge in [-0.1, -0.05) is 6.92 Å². The van der Waals surface area contributed by atoms with Gasteiger partial charge in [0.1, 0.15) is 0 Å². The lowest BCUT2D eigenvalue weighted by atomic mass is 10.1. The maximum atomic E-state index is 5.11. The molecule has 0 aliphatic carbocycles. The van der Waals surface area contributed by atoms with Gasteiger partial charge in [0.15, 0.2) is 0 Å². The molecule has 0 aromatic carbocycles. The van der Waals surface area contributed by atoms with Crippen LogP contribution in [0.4, 0.5) is 0 Å². The van der Waals surface area contributed by atoms with Crippen LogP contribution in [-0.4, -0.2) is 51.3 Å². The van der Waals surface area contributed by atoms with Crippen LogP contribution in [0.3, 0.4) is 0 Å². The van der Waals surface area contributed by atoms with Crippen molar-refractivity contribution in [3.05, 3.63) is 0 Å². The third-order valence-electron chi connectivity index (χ3n) is 2.41. The Bertz CT molecular complexity index is 128. The average molecular weight is 202 g/mol. The fourth-order valence-corrected chi connectivity index (χ4v) is 1.58. The van der Waals surface area contributed by atoms with E-state index in [0.29, 0.717) is 12.0 Å². The Hall–Kier alpha value is -0.120. The van der Waals surface area contributed by atoms with Crippen LogP contribution in [0.5, 0.6) is 0 Å². The highest BCUT2D eigenvalue weighted by atomic mass is 16.5. The Morgan fingerprint density at radius 2 is 1.93 bits per heavy atom. The second-order valence-corrected chi connectivity index (χ2v) is 4.24. The van der Waals surface area contributed by atoms with Crippen molar-refractivity contribution in [2.45, 2.75) is 26.8 Å². The van der Waals surface area contributed by atoms with E-state index in [1.165, 1.54) is 0 Å². The van der Waals surface area contributed by atoms with E-state index >= 15 is 0 Å². The van der Waals surface area contributed by atoms with Crippen molar-refractivity contribution in [3.8, 4) is 0 Å². The SMILES string of the molecule is CNCC(C)CN(CCOC)C(C)C. The van der Waals surface area contributed by atoms with Crippen LogP contribution in [0.2, 0.25) is 0 Å². The average Bonchev–Trinajstić information content (AvgIpc) is 2.12. The maximum Gasteiger partial charge on any atom is 0.0589 e. The zero-order chi connectivity index (χ0) is 11.0. The summed E-state index contributed by atoms with van der Waals surface area (Å²) in [6.07, 6.45) is 0. The Balaban J connectivity index is 3.82. The Morgan fingerprint density at radius 3 is 2.36 bits per heavy atom. The van der Waals surface area contributed by atoms with Gasteiger partial charge in [0, 0.05) is 26.2 Å². The molecule has 1 unspecified atom stereocenters. The van der Waals surface area contributed by atoms with Crippen molar-refractivity contribution in [2.24, 2.45) is 5.92 Å². The van der Waals surface area contributed by atoms with E-state index in [9.17, 15) is 0 Å². The lowest BCUT2D eigenvalue weighted by Crippen LogP contribution is -2.39. The van der Waals surface area contributed by atoms with Gasteiger partial charge in [-0.05, 0) is 33.4 Å². The molecule has 0 spiro atoms. The van der Waals surface area contributed by atoms with Crippen LogP contribution in [0.1, 0.15) is 20.8 Å². The maximum absolute atomic E-state index is 5.11. The molecule has 0 rings (SSSR count). The molecular formula is C11H26N2O. The Kier molecular flexibility index (Phi) is 8.14. The van der Waals surface area contributed by atoms with Crippen molar-refractivity contribution in [3.63, 3.8) is 0 Å². The number of nitrogens with zero attached hydrogens (tertiary/aromatic N) is 1. The molecule has 3 heteroatoms. The van der Waals surface area contributed by atoms with Gasteiger partial charge in [0.2, 0.25) is 0 Å². The number of ether oxygens (including phenoxy) is 1. The molecule has 0 heterocycles. The van der Waals surface area contributed by atoms with E-state index < -0.39 is 0 Å². The van der Waals surface area contributed by atoms with Crippen LogP contribution in [-0.2, 0) is 4.74 Å². The molecule has 0 bridgehead atoms. The lowest BCUT2D eigenvalue weighted by molar-refractivity contribution is 0.118. The fourth-order valence-electron chi connectivity index (χ4n) is 1.58. The van der Waals surface area contributed by atoms with Gasteiger partial charge < -0.3 is 10.1 Å². The van der Waals surface area contributed by atoms with E-state index in [4.69, 9.17) is 4.74 Å². The van der Waals surface area contributed by atoms with Crippen LogP contribution in [0.15, 0.2) is 0 Å². The smallest absolute Gasteiger partial charge is 0.0589 e. The van der Waals surface area contributed by atoms with E-state index in [1.807, 2.05) is 7.05 Å². The zero-order valence-corrected chi connectivity index (χ0v) is 10.3. The third-order valence-corrected chi connectivity index (χ3v) is 2.41.